The first kappa shape index (κ1) is 17.3. The van der Waals surface area contributed by atoms with Crippen LogP contribution in [0.3, 0.4) is 0 Å². The predicted molar refractivity (Wildman–Crippen MR) is 109 cm³/mol. The maximum absolute atomic E-state index is 13.3. The Kier molecular flexibility index (Phi) is 3.92. The molecule has 1 aliphatic rings. The number of thiophene rings is 1. The highest BCUT2D eigenvalue weighted by Crippen LogP contribution is 2.43. The molecule has 0 unspecified atom stereocenters. The average molecular weight is 409 g/mol. The summed E-state index contributed by atoms with van der Waals surface area (Å²) in [5.41, 5.74) is 0.596. The number of hydrogen-bond acceptors (Lipinski definition) is 7. The summed E-state index contributed by atoms with van der Waals surface area (Å²) in [7, 11) is 0. The number of para-hydroxylation sites is 1. The highest BCUT2D eigenvalue weighted by atomic mass is 32.1. The molecule has 140 valence electrons. The summed E-state index contributed by atoms with van der Waals surface area (Å²) in [6.07, 6.45) is 0. The van der Waals surface area contributed by atoms with E-state index in [0.717, 1.165) is 9.88 Å². The van der Waals surface area contributed by atoms with Crippen LogP contribution in [0.5, 0.6) is 0 Å². The second-order valence-electron chi connectivity index (χ2n) is 6.84. The van der Waals surface area contributed by atoms with Gasteiger partial charge in [0.05, 0.1) is 10.9 Å². The van der Waals surface area contributed by atoms with Gasteiger partial charge in [-0.05, 0) is 23.6 Å². The number of aromatic nitrogens is 2. The third kappa shape index (κ3) is 2.45. The summed E-state index contributed by atoms with van der Waals surface area (Å²) in [5, 5.41) is 12.2. The van der Waals surface area contributed by atoms with Gasteiger partial charge < -0.3 is 4.42 Å². The molecule has 8 heteroatoms. The number of rotatable bonds is 3. The van der Waals surface area contributed by atoms with Gasteiger partial charge in [0.25, 0.3) is 5.91 Å². The van der Waals surface area contributed by atoms with E-state index in [1.54, 1.807) is 29.2 Å². The van der Waals surface area contributed by atoms with Crippen molar-refractivity contribution < 1.29 is 9.21 Å². The van der Waals surface area contributed by atoms with E-state index < -0.39 is 6.04 Å². The summed E-state index contributed by atoms with van der Waals surface area (Å²) in [6, 6.07) is 10.3. The molecule has 1 amide bonds. The van der Waals surface area contributed by atoms with Gasteiger partial charge in [-0.3, -0.25) is 14.5 Å². The minimum absolute atomic E-state index is 0.0865. The number of hydrogen-bond donors (Lipinski definition) is 0. The molecule has 0 bridgehead atoms. The van der Waals surface area contributed by atoms with Crippen LogP contribution in [-0.2, 0) is 0 Å². The second kappa shape index (κ2) is 6.35. The summed E-state index contributed by atoms with van der Waals surface area (Å²) in [4.78, 5) is 29.0. The van der Waals surface area contributed by atoms with Crippen molar-refractivity contribution in [2.75, 3.05) is 4.90 Å². The Bertz CT molecular complexity index is 1260. The first-order chi connectivity index (χ1) is 13.6. The zero-order chi connectivity index (χ0) is 19.4. The van der Waals surface area contributed by atoms with Crippen molar-refractivity contribution in [3.63, 3.8) is 0 Å². The molecule has 0 saturated carbocycles. The van der Waals surface area contributed by atoms with Gasteiger partial charge in [0.2, 0.25) is 10.9 Å². The number of carbonyl (C=O) groups is 1. The lowest BCUT2D eigenvalue weighted by atomic mass is 10.0. The Balaban J connectivity index is 1.78. The normalized spacial score (nSPS) is 16.3. The largest absolute Gasteiger partial charge is 0.450 e. The molecular weight excluding hydrogens is 394 g/mol. The van der Waals surface area contributed by atoms with Gasteiger partial charge >= 0.3 is 0 Å². The standard InChI is InChI=1S/C20H15N3O3S2/c1-10(2)18-21-22-20(28-18)23-15(13-8-5-9-27-13)14-16(24)11-6-3-4-7-12(11)26-17(14)19(23)25/h3-10,15H,1-2H3/t15-/m0/s1. The second-order valence-corrected chi connectivity index (χ2v) is 8.81. The van der Waals surface area contributed by atoms with E-state index in [9.17, 15) is 9.59 Å². The Morgan fingerprint density at radius 1 is 1.11 bits per heavy atom. The smallest absolute Gasteiger partial charge is 0.297 e. The third-order valence-electron chi connectivity index (χ3n) is 4.72. The van der Waals surface area contributed by atoms with E-state index in [-0.39, 0.29) is 23.0 Å². The molecule has 4 heterocycles. The van der Waals surface area contributed by atoms with Crippen LogP contribution < -0.4 is 10.3 Å². The number of nitrogens with zero attached hydrogens (tertiary/aromatic N) is 3. The first-order valence-electron chi connectivity index (χ1n) is 8.82. The van der Waals surface area contributed by atoms with E-state index in [1.165, 1.54) is 22.7 Å². The van der Waals surface area contributed by atoms with Crippen molar-refractivity contribution in [2.24, 2.45) is 0 Å². The quantitative estimate of drug-likeness (QED) is 0.495. The highest BCUT2D eigenvalue weighted by molar-refractivity contribution is 7.15. The van der Waals surface area contributed by atoms with Gasteiger partial charge in [-0.15, -0.1) is 21.5 Å². The number of amides is 1. The molecule has 28 heavy (non-hydrogen) atoms. The molecule has 6 nitrogen and oxygen atoms in total. The van der Waals surface area contributed by atoms with Gasteiger partial charge in [0, 0.05) is 10.8 Å². The molecule has 0 aliphatic carbocycles. The van der Waals surface area contributed by atoms with E-state index in [1.807, 2.05) is 31.4 Å². The van der Waals surface area contributed by atoms with Crippen LogP contribution in [-0.4, -0.2) is 16.1 Å². The van der Waals surface area contributed by atoms with Crippen LogP contribution in [0.25, 0.3) is 11.0 Å². The van der Waals surface area contributed by atoms with Gasteiger partial charge in [-0.2, -0.15) is 0 Å². The molecule has 0 spiro atoms. The molecule has 1 aliphatic heterocycles. The molecule has 4 aromatic rings. The van der Waals surface area contributed by atoms with Gasteiger partial charge in [-0.25, -0.2) is 0 Å². The SMILES string of the molecule is CC(C)c1nnc(N2C(=O)c3oc4ccccc4c(=O)c3[C@@H]2c2cccs2)s1. The van der Waals surface area contributed by atoms with E-state index in [0.29, 0.717) is 21.7 Å². The zero-order valence-corrected chi connectivity index (χ0v) is 16.7. The van der Waals surface area contributed by atoms with Crippen molar-refractivity contribution >= 4 is 44.7 Å². The zero-order valence-electron chi connectivity index (χ0n) is 15.1. The van der Waals surface area contributed by atoms with Crippen molar-refractivity contribution in [3.8, 4) is 0 Å². The molecular formula is C20H15N3O3S2. The summed E-state index contributed by atoms with van der Waals surface area (Å²) >= 11 is 2.86. The van der Waals surface area contributed by atoms with Gasteiger partial charge in [0.1, 0.15) is 16.6 Å². The van der Waals surface area contributed by atoms with Crippen LogP contribution in [0.1, 0.15) is 51.8 Å². The third-order valence-corrected chi connectivity index (χ3v) is 6.87. The lowest BCUT2D eigenvalue weighted by Crippen LogP contribution is -2.28. The minimum atomic E-state index is -0.559. The molecule has 0 N–H and O–H groups in total. The minimum Gasteiger partial charge on any atom is -0.450 e. The highest BCUT2D eigenvalue weighted by Gasteiger charge is 2.45. The lowest BCUT2D eigenvalue weighted by molar-refractivity contribution is 0.0971. The summed E-state index contributed by atoms with van der Waals surface area (Å²) < 4.78 is 5.90. The Morgan fingerprint density at radius 2 is 1.93 bits per heavy atom. The van der Waals surface area contributed by atoms with Crippen LogP contribution in [0.2, 0.25) is 0 Å². The van der Waals surface area contributed by atoms with Gasteiger partial charge in [-0.1, -0.05) is 43.4 Å². The fourth-order valence-corrected chi connectivity index (χ4v) is 5.09. The van der Waals surface area contributed by atoms with Crippen molar-refractivity contribution in [1.82, 2.24) is 10.2 Å². The maximum Gasteiger partial charge on any atom is 0.297 e. The Hall–Kier alpha value is -2.84. The van der Waals surface area contributed by atoms with Crippen LogP contribution in [0, 0.1) is 0 Å². The number of carbonyl (C=O) groups excluding carboxylic acids is 1. The molecule has 1 atom stereocenters. The van der Waals surface area contributed by atoms with Crippen molar-refractivity contribution in [1.29, 1.82) is 0 Å². The number of fused-ring (bicyclic) bond motifs is 2. The van der Waals surface area contributed by atoms with Crippen molar-refractivity contribution in [2.45, 2.75) is 25.8 Å². The first-order valence-corrected chi connectivity index (χ1v) is 10.5. The molecule has 0 saturated heterocycles. The number of benzene rings is 1. The van der Waals surface area contributed by atoms with Crippen LogP contribution in [0.15, 0.2) is 51.0 Å². The monoisotopic (exact) mass is 409 g/mol. The summed E-state index contributed by atoms with van der Waals surface area (Å²) in [5.74, 6) is -0.0695. The lowest BCUT2D eigenvalue weighted by Gasteiger charge is -2.20. The molecule has 1 aromatic carbocycles. The molecule has 0 radical (unpaired) electrons. The van der Waals surface area contributed by atoms with Gasteiger partial charge in [0.15, 0.2) is 5.43 Å². The topological polar surface area (TPSA) is 76.3 Å². The Morgan fingerprint density at radius 3 is 2.64 bits per heavy atom. The van der Waals surface area contributed by atoms with Crippen LogP contribution in [0.4, 0.5) is 5.13 Å². The molecule has 3 aromatic heterocycles. The van der Waals surface area contributed by atoms with E-state index >= 15 is 0 Å². The summed E-state index contributed by atoms with van der Waals surface area (Å²) in [6.45, 7) is 4.05. The van der Waals surface area contributed by atoms with E-state index in [2.05, 4.69) is 10.2 Å². The molecule has 0 fully saturated rings. The predicted octanol–water partition coefficient (Wildman–Crippen LogP) is 4.58. The Labute approximate surface area is 168 Å². The van der Waals surface area contributed by atoms with E-state index in [4.69, 9.17) is 4.42 Å². The molecule has 5 rings (SSSR count). The fraction of sp³-hybridized carbons (Fsp3) is 0.200. The number of anilines is 1. The fourth-order valence-electron chi connectivity index (χ4n) is 3.39. The maximum atomic E-state index is 13.3. The average Bonchev–Trinajstić information content (AvgIpc) is 3.41. The van der Waals surface area contributed by atoms with Crippen molar-refractivity contribution in [3.05, 3.63) is 73.2 Å². The van der Waals surface area contributed by atoms with Crippen LogP contribution >= 0.6 is 22.7 Å².